The van der Waals surface area contributed by atoms with Gasteiger partial charge < -0.3 is 4.42 Å². The molecule has 0 amide bonds. The summed E-state index contributed by atoms with van der Waals surface area (Å²) in [6.07, 6.45) is 1.79. The lowest BCUT2D eigenvalue weighted by atomic mass is 10.2. The normalized spacial score (nSPS) is 23.5. The van der Waals surface area contributed by atoms with Gasteiger partial charge in [-0.3, -0.25) is 4.57 Å². The third-order valence-electron chi connectivity index (χ3n) is 4.81. The number of nitrogens with zero attached hydrogens (tertiary/aromatic N) is 2. The van der Waals surface area contributed by atoms with Crippen LogP contribution >= 0.6 is 0 Å². The van der Waals surface area contributed by atoms with Gasteiger partial charge in [-0.05, 0) is 31.4 Å². The number of hydrogen-bond donors (Lipinski definition) is 0. The molecule has 0 N–H and O–H groups in total. The lowest BCUT2D eigenvalue weighted by molar-refractivity contribution is 0.332. The van der Waals surface area contributed by atoms with Gasteiger partial charge in [-0.25, -0.2) is 21.6 Å². The van der Waals surface area contributed by atoms with Crippen LogP contribution < -0.4 is 5.76 Å². The Bertz CT molecular complexity index is 1110. The number of aromatic nitrogens is 1. The monoisotopic (exact) mass is 386 g/mol. The third-order valence-corrected chi connectivity index (χ3v) is 8.57. The lowest BCUT2D eigenvalue weighted by Gasteiger charge is -2.27. The molecule has 2 fully saturated rings. The van der Waals surface area contributed by atoms with E-state index < -0.39 is 31.7 Å². The molecule has 136 valence electrons. The number of benzene rings is 1. The van der Waals surface area contributed by atoms with E-state index >= 15 is 0 Å². The summed E-state index contributed by atoms with van der Waals surface area (Å²) < 4.78 is 57.6. The van der Waals surface area contributed by atoms with E-state index in [0.717, 1.165) is 12.8 Å². The summed E-state index contributed by atoms with van der Waals surface area (Å²) in [5.41, 5.74) is 0.703. The van der Waals surface area contributed by atoms with E-state index in [-0.39, 0.29) is 28.0 Å². The van der Waals surface area contributed by atoms with Crippen molar-refractivity contribution in [2.75, 3.05) is 11.5 Å². The summed E-state index contributed by atoms with van der Waals surface area (Å²) in [6.45, 7) is 0. The van der Waals surface area contributed by atoms with Crippen LogP contribution in [0.2, 0.25) is 0 Å². The highest BCUT2D eigenvalue weighted by Crippen LogP contribution is 2.37. The largest absolute Gasteiger partial charge is 0.419 e. The molecule has 2 aromatic rings. The predicted molar refractivity (Wildman–Crippen MR) is 90.6 cm³/mol. The predicted octanol–water partition coefficient (Wildman–Crippen LogP) is 0.472. The number of rotatable bonds is 4. The van der Waals surface area contributed by atoms with Crippen molar-refractivity contribution in [2.45, 2.75) is 36.2 Å². The van der Waals surface area contributed by atoms with Crippen LogP contribution in [0, 0.1) is 0 Å². The Kier molecular flexibility index (Phi) is 3.64. The lowest BCUT2D eigenvalue weighted by Crippen LogP contribution is -2.42. The average Bonchev–Trinajstić information content (AvgIpc) is 3.23. The summed E-state index contributed by atoms with van der Waals surface area (Å²) in [6, 6.07) is 3.63. The Labute approximate surface area is 145 Å². The molecule has 1 aromatic heterocycles. The van der Waals surface area contributed by atoms with Gasteiger partial charge in [0.1, 0.15) is 0 Å². The number of sulfone groups is 1. The highest BCUT2D eigenvalue weighted by atomic mass is 32.2. The van der Waals surface area contributed by atoms with Crippen LogP contribution in [0.3, 0.4) is 0 Å². The van der Waals surface area contributed by atoms with E-state index in [1.807, 2.05) is 0 Å². The van der Waals surface area contributed by atoms with E-state index in [0.29, 0.717) is 11.9 Å². The maximum Gasteiger partial charge on any atom is 0.419 e. The second-order valence-corrected chi connectivity index (χ2v) is 10.8. The second kappa shape index (κ2) is 5.42. The molecule has 10 heteroatoms. The fraction of sp³-hybridized carbons (Fsp3) is 0.533. The molecule has 0 radical (unpaired) electrons. The van der Waals surface area contributed by atoms with Gasteiger partial charge >= 0.3 is 5.76 Å². The van der Waals surface area contributed by atoms with Gasteiger partial charge in [-0.1, -0.05) is 0 Å². The average molecular weight is 386 g/mol. The number of aryl methyl sites for hydroxylation is 1. The molecule has 0 bridgehead atoms. The summed E-state index contributed by atoms with van der Waals surface area (Å²) in [5.74, 6) is -0.681. The standard InChI is InChI=1S/C15H18N2O6S2/c1-16-13-5-4-12(8-14(13)23-15(16)18)25(21,22)17(10-2-3-10)11-6-7-24(19,20)9-11/h4-5,8,10-11H,2-3,6-7,9H2,1H3/t11-/m1/s1. The first kappa shape index (κ1) is 16.8. The zero-order valence-electron chi connectivity index (χ0n) is 13.6. The Morgan fingerprint density at radius 1 is 1.20 bits per heavy atom. The van der Waals surface area contributed by atoms with Gasteiger partial charge in [0.15, 0.2) is 15.4 Å². The summed E-state index contributed by atoms with van der Waals surface area (Å²) in [7, 11) is -5.52. The SMILES string of the molecule is Cn1c(=O)oc2cc(S(=O)(=O)N(C3CC3)[C@@H]3CCS(=O)(=O)C3)ccc21. The summed E-state index contributed by atoms with van der Waals surface area (Å²) in [5, 5.41) is 0. The molecular weight excluding hydrogens is 368 g/mol. The van der Waals surface area contributed by atoms with Crippen molar-refractivity contribution < 1.29 is 21.3 Å². The smallest absolute Gasteiger partial charge is 0.408 e. The van der Waals surface area contributed by atoms with Crippen molar-refractivity contribution in [3.8, 4) is 0 Å². The van der Waals surface area contributed by atoms with Gasteiger partial charge in [0.05, 0.1) is 21.9 Å². The maximum absolute atomic E-state index is 13.2. The topological polar surface area (TPSA) is 107 Å². The molecule has 2 aliphatic rings. The van der Waals surface area contributed by atoms with Crippen molar-refractivity contribution in [1.29, 1.82) is 0 Å². The van der Waals surface area contributed by atoms with Gasteiger partial charge in [0, 0.05) is 25.2 Å². The number of hydrogen-bond acceptors (Lipinski definition) is 6. The fourth-order valence-corrected chi connectivity index (χ4v) is 7.11. The second-order valence-electron chi connectivity index (χ2n) is 6.68. The van der Waals surface area contributed by atoms with Crippen LogP contribution in [-0.4, -0.2) is 49.3 Å². The van der Waals surface area contributed by atoms with Gasteiger partial charge in [0.2, 0.25) is 10.0 Å². The number of oxazole rings is 1. The molecule has 0 unspecified atom stereocenters. The Morgan fingerprint density at radius 2 is 1.92 bits per heavy atom. The summed E-state index contributed by atoms with van der Waals surface area (Å²) >= 11 is 0. The van der Waals surface area contributed by atoms with Crippen molar-refractivity contribution in [1.82, 2.24) is 8.87 Å². The molecule has 25 heavy (non-hydrogen) atoms. The Balaban J connectivity index is 1.78. The fourth-order valence-electron chi connectivity index (χ4n) is 3.39. The third kappa shape index (κ3) is 2.81. The molecule has 1 aliphatic carbocycles. The highest BCUT2D eigenvalue weighted by molar-refractivity contribution is 7.92. The van der Waals surface area contributed by atoms with Crippen LogP contribution in [0.5, 0.6) is 0 Å². The number of fused-ring (bicyclic) bond motifs is 1. The first-order chi connectivity index (χ1) is 11.7. The minimum Gasteiger partial charge on any atom is -0.408 e. The molecule has 4 rings (SSSR count). The van der Waals surface area contributed by atoms with Gasteiger partial charge in [0.25, 0.3) is 0 Å². The molecule has 1 saturated heterocycles. The van der Waals surface area contributed by atoms with Crippen LogP contribution in [0.15, 0.2) is 32.3 Å². The molecule has 8 nitrogen and oxygen atoms in total. The quantitative estimate of drug-likeness (QED) is 0.756. The van der Waals surface area contributed by atoms with Crippen molar-refractivity contribution in [2.24, 2.45) is 7.05 Å². The van der Waals surface area contributed by atoms with E-state index in [1.165, 1.54) is 27.1 Å². The van der Waals surface area contributed by atoms with Gasteiger partial charge in [-0.2, -0.15) is 4.31 Å². The molecule has 0 spiro atoms. The van der Waals surface area contributed by atoms with Gasteiger partial charge in [-0.15, -0.1) is 0 Å². The van der Waals surface area contributed by atoms with E-state index in [9.17, 15) is 21.6 Å². The van der Waals surface area contributed by atoms with Crippen LogP contribution in [0.4, 0.5) is 0 Å². The molecule has 1 saturated carbocycles. The molecule has 2 heterocycles. The minimum absolute atomic E-state index is 0.0169. The zero-order valence-corrected chi connectivity index (χ0v) is 15.2. The molecule has 1 aromatic carbocycles. The summed E-state index contributed by atoms with van der Waals surface area (Å²) in [4.78, 5) is 11.6. The first-order valence-corrected chi connectivity index (χ1v) is 11.3. The number of sulfonamides is 1. The van der Waals surface area contributed by atoms with Crippen LogP contribution in [0.1, 0.15) is 19.3 Å². The van der Waals surface area contributed by atoms with Crippen LogP contribution in [0.25, 0.3) is 11.1 Å². The van der Waals surface area contributed by atoms with E-state index in [1.54, 1.807) is 7.05 Å². The molecular formula is C15H18N2O6S2. The van der Waals surface area contributed by atoms with Crippen LogP contribution in [-0.2, 0) is 26.9 Å². The van der Waals surface area contributed by atoms with Crippen molar-refractivity contribution in [3.05, 3.63) is 28.7 Å². The Morgan fingerprint density at radius 3 is 2.52 bits per heavy atom. The van der Waals surface area contributed by atoms with Crippen molar-refractivity contribution >= 4 is 31.0 Å². The van der Waals surface area contributed by atoms with Crippen molar-refractivity contribution in [3.63, 3.8) is 0 Å². The Hall–Kier alpha value is -1.65. The zero-order chi connectivity index (χ0) is 18.0. The molecule has 1 aliphatic heterocycles. The molecule has 1 atom stereocenters. The minimum atomic E-state index is -3.87. The first-order valence-electron chi connectivity index (χ1n) is 8.02. The van der Waals surface area contributed by atoms with E-state index in [4.69, 9.17) is 4.42 Å². The highest BCUT2D eigenvalue weighted by Gasteiger charge is 2.46. The van der Waals surface area contributed by atoms with E-state index in [2.05, 4.69) is 0 Å². The maximum atomic E-state index is 13.2.